The van der Waals surface area contributed by atoms with E-state index in [1.54, 1.807) is 4.90 Å². The lowest BCUT2D eigenvalue weighted by Crippen LogP contribution is -2.31. The molecule has 0 fully saturated rings. The van der Waals surface area contributed by atoms with Crippen molar-refractivity contribution < 1.29 is 26.7 Å². The number of nitrogens with zero attached hydrogens (tertiary/aromatic N) is 2. The second-order valence-corrected chi connectivity index (χ2v) is 7.16. The molecule has 146 valence electrons. The summed E-state index contributed by atoms with van der Waals surface area (Å²) in [5.74, 6) is -0.225. The Bertz CT molecular complexity index is 907. The van der Waals surface area contributed by atoms with Crippen molar-refractivity contribution in [2.45, 2.75) is 24.9 Å². The largest absolute Gasteiger partial charge is 0.860 e. The molecule has 0 saturated carbocycles. The summed E-state index contributed by atoms with van der Waals surface area (Å²) in [6.07, 6.45) is 0.531. The molecule has 0 atom stereocenters. The second kappa shape index (κ2) is 7.99. The standard InChI is InChI=1S/C18H19F3N2O3S/c1-3-23(4-2)17(24)13-9-11-14(12-10-13)22-27(25,26)16-8-6-5-7-15(16)18(19,20)21/h5-12,24H,3-4H2,1-2H3/p-1. The molecular weight excluding hydrogens is 381 g/mol. The molecule has 0 unspecified atom stereocenters. The highest BCUT2D eigenvalue weighted by atomic mass is 32.2. The Balaban J connectivity index is 2.38. The molecule has 27 heavy (non-hydrogen) atoms. The normalized spacial score (nSPS) is 14.4. The number of sulfonamides is 1. The Morgan fingerprint density at radius 2 is 1.63 bits per heavy atom. The van der Waals surface area contributed by atoms with Crippen LogP contribution in [0.4, 0.5) is 13.2 Å². The number of benzene rings is 1. The van der Waals surface area contributed by atoms with E-state index in [1.807, 2.05) is 13.8 Å². The molecule has 5 nitrogen and oxygen atoms in total. The summed E-state index contributed by atoms with van der Waals surface area (Å²) in [4.78, 5) is 0.670. The monoisotopic (exact) mass is 399 g/mol. The quantitative estimate of drug-likeness (QED) is 0.714. The fraction of sp³-hybridized carbons (Fsp3) is 0.278. The number of hydrogen-bond acceptors (Lipinski definition) is 4. The summed E-state index contributed by atoms with van der Waals surface area (Å²) in [6, 6.07) is 3.85. The number of rotatable bonds is 5. The van der Waals surface area contributed by atoms with Crippen molar-refractivity contribution in [2.75, 3.05) is 13.1 Å². The van der Waals surface area contributed by atoms with E-state index >= 15 is 0 Å². The Morgan fingerprint density at radius 1 is 1.07 bits per heavy atom. The lowest BCUT2D eigenvalue weighted by atomic mass is 10.1. The van der Waals surface area contributed by atoms with Crippen LogP contribution in [0.3, 0.4) is 0 Å². The average Bonchev–Trinajstić information content (AvgIpc) is 2.62. The Labute approximate surface area is 155 Å². The fourth-order valence-electron chi connectivity index (χ4n) is 2.47. The van der Waals surface area contributed by atoms with Crippen molar-refractivity contribution in [3.63, 3.8) is 0 Å². The topological polar surface area (TPSA) is 72.8 Å². The molecule has 0 heterocycles. The van der Waals surface area contributed by atoms with Gasteiger partial charge in [0.05, 0.1) is 11.3 Å². The first-order valence-corrected chi connectivity index (χ1v) is 9.57. The van der Waals surface area contributed by atoms with Gasteiger partial charge in [-0.3, -0.25) is 0 Å². The van der Waals surface area contributed by atoms with Gasteiger partial charge in [-0.2, -0.15) is 26.0 Å². The summed E-state index contributed by atoms with van der Waals surface area (Å²) in [5.41, 5.74) is -1.00. The molecule has 1 aromatic carbocycles. The molecule has 9 heteroatoms. The van der Waals surface area contributed by atoms with E-state index in [2.05, 4.69) is 4.40 Å². The predicted molar refractivity (Wildman–Crippen MR) is 94.3 cm³/mol. The van der Waals surface area contributed by atoms with E-state index in [-0.39, 0.29) is 11.6 Å². The minimum absolute atomic E-state index is 0.0666. The molecule has 1 aromatic rings. The first-order valence-electron chi connectivity index (χ1n) is 8.13. The molecule has 0 spiro atoms. The van der Waals surface area contributed by atoms with E-state index in [0.29, 0.717) is 24.7 Å². The third-order valence-corrected chi connectivity index (χ3v) is 5.22. The third kappa shape index (κ3) is 4.79. The molecule has 0 amide bonds. The maximum Gasteiger partial charge on any atom is 0.417 e. The van der Waals surface area contributed by atoms with Crippen LogP contribution in [-0.4, -0.2) is 32.1 Å². The highest BCUT2D eigenvalue weighted by Crippen LogP contribution is 2.34. The number of halogens is 3. The number of hydrogen-bond donors (Lipinski definition) is 0. The fourth-order valence-corrected chi connectivity index (χ4v) is 3.68. The minimum atomic E-state index is -4.82. The summed E-state index contributed by atoms with van der Waals surface area (Å²) < 4.78 is 67.3. The Hall–Kier alpha value is -2.55. The van der Waals surface area contributed by atoms with Crippen molar-refractivity contribution in [1.82, 2.24) is 4.90 Å². The van der Waals surface area contributed by atoms with Gasteiger partial charge in [0.1, 0.15) is 4.90 Å². The van der Waals surface area contributed by atoms with Gasteiger partial charge in [-0.1, -0.05) is 24.3 Å². The van der Waals surface area contributed by atoms with Crippen molar-refractivity contribution in [2.24, 2.45) is 4.40 Å². The van der Waals surface area contributed by atoms with Gasteiger partial charge in [0.2, 0.25) is 0 Å². The molecule has 0 bridgehead atoms. The van der Waals surface area contributed by atoms with Crippen LogP contribution >= 0.6 is 0 Å². The van der Waals surface area contributed by atoms with Gasteiger partial charge in [-0.15, -0.1) is 0 Å². The molecule has 2 rings (SSSR count). The van der Waals surface area contributed by atoms with Crippen molar-refractivity contribution in [3.05, 3.63) is 65.6 Å². The smallest absolute Gasteiger partial charge is 0.417 e. The van der Waals surface area contributed by atoms with Gasteiger partial charge < -0.3 is 10.0 Å². The second-order valence-electron chi connectivity index (χ2n) is 5.58. The van der Waals surface area contributed by atoms with Crippen LogP contribution < -0.4 is 5.11 Å². The zero-order chi connectivity index (χ0) is 20.2. The van der Waals surface area contributed by atoms with Crippen LogP contribution in [0.5, 0.6) is 0 Å². The summed E-state index contributed by atoms with van der Waals surface area (Å²) in [6.45, 7) is 4.69. The van der Waals surface area contributed by atoms with Gasteiger partial charge >= 0.3 is 6.18 Å². The van der Waals surface area contributed by atoms with E-state index in [4.69, 9.17) is 0 Å². The number of allylic oxidation sites excluding steroid dienone is 5. The average molecular weight is 399 g/mol. The van der Waals surface area contributed by atoms with E-state index < -0.39 is 26.7 Å². The van der Waals surface area contributed by atoms with Gasteiger partial charge in [0.25, 0.3) is 10.0 Å². The Kier molecular flexibility index (Phi) is 6.15. The molecule has 0 aromatic heterocycles. The van der Waals surface area contributed by atoms with Crippen LogP contribution in [0.15, 0.2) is 69.3 Å². The van der Waals surface area contributed by atoms with Crippen molar-refractivity contribution in [1.29, 1.82) is 0 Å². The van der Waals surface area contributed by atoms with E-state index in [9.17, 15) is 26.7 Å². The highest BCUT2D eigenvalue weighted by Gasteiger charge is 2.36. The van der Waals surface area contributed by atoms with Gasteiger partial charge in [-0.25, -0.2) is 0 Å². The van der Waals surface area contributed by atoms with Gasteiger partial charge in [0, 0.05) is 13.1 Å². The molecule has 0 saturated heterocycles. The summed E-state index contributed by atoms with van der Waals surface area (Å²) >= 11 is 0. The zero-order valence-corrected chi connectivity index (χ0v) is 15.5. The maximum absolute atomic E-state index is 13.1. The number of alkyl halides is 3. The van der Waals surface area contributed by atoms with Crippen LogP contribution in [0, 0.1) is 0 Å². The lowest BCUT2D eigenvalue weighted by molar-refractivity contribution is -0.333. The maximum atomic E-state index is 13.1. The third-order valence-electron chi connectivity index (χ3n) is 3.86. The van der Waals surface area contributed by atoms with E-state index in [0.717, 1.165) is 12.1 Å². The SMILES string of the molecule is CCN(CC)C([O-])=C1C=CC(=NS(=O)(=O)c2ccccc2C(F)(F)F)C=C1. The van der Waals surface area contributed by atoms with Crippen LogP contribution in [0.25, 0.3) is 0 Å². The van der Waals surface area contributed by atoms with Crippen LogP contribution in [0.2, 0.25) is 0 Å². The lowest BCUT2D eigenvalue weighted by Gasteiger charge is -2.30. The predicted octanol–water partition coefficient (Wildman–Crippen LogP) is 2.87. The highest BCUT2D eigenvalue weighted by molar-refractivity contribution is 7.90. The van der Waals surface area contributed by atoms with Crippen LogP contribution in [0.1, 0.15) is 19.4 Å². The molecule has 1 aliphatic carbocycles. The van der Waals surface area contributed by atoms with E-state index in [1.165, 1.54) is 30.4 Å². The summed E-state index contributed by atoms with van der Waals surface area (Å²) in [7, 11) is -4.58. The molecule has 0 N–H and O–H groups in total. The zero-order valence-electron chi connectivity index (χ0n) is 14.7. The summed E-state index contributed by atoms with van der Waals surface area (Å²) in [5, 5.41) is 12.2. The molecule has 0 aliphatic heterocycles. The van der Waals surface area contributed by atoms with Crippen molar-refractivity contribution in [3.8, 4) is 0 Å². The van der Waals surface area contributed by atoms with Gasteiger partial charge in [-0.05, 0) is 49.6 Å². The minimum Gasteiger partial charge on any atom is -0.860 e. The molecule has 1 aliphatic rings. The van der Waals surface area contributed by atoms with Crippen molar-refractivity contribution >= 4 is 15.7 Å². The molecule has 0 radical (unpaired) electrons. The Morgan fingerprint density at radius 3 is 2.15 bits per heavy atom. The molecular formula is C18H18F3N2O3S-. The van der Waals surface area contributed by atoms with Gasteiger partial charge in [0.15, 0.2) is 0 Å². The van der Waals surface area contributed by atoms with Crippen LogP contribution in [-0.2, 0) is 16.2 Å². The first kappa shape index (κ1) is 20.8. The first-order chi connectivity index (χ1) is 12.6.